The number of aromatic nitrogens is 1. The number of carboxylic acid groups (broad SMARTS) is 1. The number of nitriles is 1. The van der Waals surface area contributed by atoms with Crippen molar-refractivity contribution in [3.63, 3.8) is 0 Å². The highest BCUT2D eigenvalue weighted by Gasteiger charge is 2.26. The fraction of sp³-hybridized carbons (Fsp3) is 0.0769. The van der Waals surface area contributed by atoms with Gasteiger partial charge in [0.05, 0.1) is 34.3 Å². The predicted molar refractivity (Wildman–Crippen MR) is 204 cm³/mol. The minimum atomic E-state index is -1.20. The molecule has 0 spiro atoms. The fourth-order valence-corrected chi connectivity index (χ4v) is 11.5. The predicted octanol–water partition coefficient (Wildman–Crippen LogP) is 7.56. The van der Waals surface area contributed by atoms with Gasteiger partial charge in [-0.2, -0.15) is 5.26 Å². The minimum absolute atomic E-state index is 0.238. The first-order valence-electron chi connectivity index (χ1n) is 15.5. The second kappa shape index (κ2) is 13.5. The van der Waals surface area contributed by atoms with Crippen LogP contribution in [0.15, 0.2) is 103 Å². The Morgan fingerprint density at radius 3 is 1.96 bits per heavy atom. The molecule has 0 radical (unpaired) electrons. The van der Waals surface area contributed by atoms with Crippen LogP contribution in [0.3, 0.4) is 0 Å². The molecule has 1 N–H and O–H groups in total. The van der Waals surface area contributed by atoms with Crippen LogP contribution in [0, 0.1) is 11.3 Å². The Morgan fingerprint density at radius 2 is 1.39 bits per heavy atom. The quantitative estimate of drug-likeness (QED) is 0.0902. The van der Waals surface area contributed by atoms with E-state index in [9.17, 15) is 9.90 Å². The summed E-state index contributed by atoms with van der Waals surface area (Å²) in [6.07, 6.45) is 5.76. The molecule has 7 nitrogen and oxygen atoms in total. The summed E-state index contributed by atoms with van der Waals surface area (Å²) >= 11 is 3.36. The van der Waals surface area contributed by atoms with E-state index in [4.69, 9.17) is 14.7 Å². The number of fused-ring (bicyclic) bond motifs is 3. The molecule has 1 aliphatic rings. The van der Waals surface area contributed by atoms with Crippen molar-refractivity contribution >= 4 is 83.8 Å². The number of benzene rings is 3. The van der Waals surface area contributed by atoms with E-state index in [1.54, 1.807) is 43.0 Å². The number of anilines is 3. The van der Waals surface area contributed by atoms with E-state index in [0.29, 0.717) is 0 Å². The molecule has 242 valence electrons. The third kappa shape index (κ3) is 6.35. The van der Waals surface area contributed by atoms with Gasteiger partial charge in [0.1, 0.15) is 23.1 Å². The summed E-state index contributed by atoms with van der Waals surface area (Å²) in [5, 5.41) is 21.2. The van der Waals surface area contributed by atoms with Crippen LogP contribution in [-0.2, 0) is 11.8 Å². The number of hydrogen-bond donors (Lipinski definition) is 1. The van der Waals surface area contributed by atoms with Crippen LogP contribution in [-0.4, -0.2) is 39.4 Å². The lowest BCUT2D eigenvalue weighted by molar-refractivity contribution is -0.132. The number of carbonyl (C=O) groups is 1. The van der Waals surface area contributed by atoms with Crippen LogP contribution in [0.5, 0.6) is 11.5 Å². The molecule has 3 aromatic heterocycles. The molecule has 0 amide bonds. The third-order valence-electron chi connectivity index (χ3n) is 8.53. The van der Waals surface area contributed by atoms with Crippen molar-refractivity contribution in [2.75, 3.05) is 19.1 Å². The topological polar surface area (TPSA) is 87.7 Å². The maximum Gasteiger partial charge on any atom is 0.346 e. The summed E-state index contributed by atoms with van der Waals surface area (Å²) in [7, 11) is 4.77. The largest absolute Gasteiger partial charge is 0.497 e. The zero-order valence-electron chi connectivity index (χ0n) is 27.0. The van der Waals surface area contributed by atoms with Gasteiger partial charge in [-0.15, -0.1) is 22.7 Å². The molecular formula is C39H31N3O4S2Si. The molecule has 0 aliphatic carbocycles. The summed E-state index contributed by atoms with van der Waals surface area (Å²) in [6, 6.07) is 35.1. The molecule has 7 rings (SSSR count). The zero-order valence-corrected chi connectivity index (χ0v) is 30.1. The van der Waals surface area contributed by atoms with E-state index < -0.39 is 15.5 Å². The van der Waals surface area contributed by atoms with Gasteiger partial charge in [0.15, 0.2) is 0 Å². The van der Waals surface area contributed by atoms with Crippen molar-refractivity contribution in [3.8, 4) is 37.9 Å². The van der Waals surface area contributed by atoms with E-state index in [1.165, 1.54) is 31.1 Å². The molecule has 6 aromatic rings. The van der Waals surface area contributed by atoms with E-state index >= 15 is 0 Å². The van der Waals surface area contributed by atoms with Crippen LogP contribution >= 0.6 is 22.7 Å². The first kappa shape index (κ1) is 32.0. The van der Waals surface area contributed by atoms with E-state index in [0.717, 1.165) is 50.4 Å². The Labute approximate surface area is 294 Å². The van der Waals surface area contributed by atoms with Crippen LogP contribution in [0.2, 0.25) is 0 Å². The lowest BCUT2D eigenvalue weighted by Crippen LogP contribution is -2.18. The highest BCUT2D eigenvalue weighted by molar-refractivity contribution is 7.27. The molecule has 0 atom stereocenters. The van der Waals surface area contributed by atoms with Crippen molar-refractivity contribution < 1.29 is 19.4 Å². The monoisotopic (exact) mass is 697 g/mol. The van der Waals surface area contributed by atoms with Crippen LogP contribution < -0.4 is 24.7 Å². The molecule has 49 heavy (non-hydrogen) atoms. The van der Waals surface area contributed by atoms with E-state index in [-0.39, 0.29) is 5.57 Å². The number of rotatable bonds is 10. The Balaban J connectivity index is 1.11. The molecule has 4 heterocycles. The normalized spacial score (nSPS) is 12.6. The van der Waals surface area contributed by atoms with Crippen molar-refractivity contribution in [3.05, 3.63) is 119 Å². The Bertz CT molecular complexity index is 2220. The van der Waals surface area contributed by atoms with E-state index in [1.807, 2.05) is 24.3 Å². The Kier molecular flexibility index (Phi) is 8.80. The molecule has 10 heteroatoms. The van der Waals surface area contributed by atoms with Gasteiger partial charge in [-0.05, 0) is 113 Å². The van der Waals surface area contributed by atoms with Crippen molar-refractivity contribution in [2.45, 2.75) is 0 Å². The summed E-state index contributed by atoms with van der Waals surface area (Å²) < 4.78 is 13.0. The first-order chi connectivity index (χ1) is 23.8. The summed E-state index contributed by atoms with van der Waals surface area (Å²) in [6.45, 7) is 0. The Hall–Kier alpha value is -5.60. The number of thiophene rings is 2. The first-order valence-corrected chi connectivity index (χ1v) is 18.5. The molecule has 0 saturated heterocycles. The van der Waals surface area contributed by atoms with Crippen LogP contribution in [0.25, 0.3) is 38.6 Å². The maximum atomic E-state index is 11.3. The lowest BCUT2D eigenvalue weighted by Gasteiger charge is -2.26. The second-order valence-corrected chi connectivity index (χ2v) is 15.5. The van der Waals surface area contributed by atoms with Crippen LogP contribution in [0.1, 0.15) is 16.1 Å². The number of ether oxygens (including phenoxy) is 2. The van der Waals surface area contributed by atoms with Crippen molar-refractivity contribution in [1.29, 1.82) is 5.26 Å². The van der Waals surface area contributed by atoms with Crippen molar-refractivity contribution in [2.24, 2.45) is 7.05 Å². The van der Waals surface area contributed by atoms with Gasteiger partial charge in [-0.3, -0.25) is 0 Å². The molecule has 3 aromatic carbocycles. The zero-order chi connectivity index (χ0) is 34.1. The summed E-state index contributed by atoms with van der Waals surface area (Å²) in [5.74, 6) is 0.419. The number of hydrogen-bond acceptors (Lipinski definition) is 7. The lowest BCUT2D eigenvalue weighted by atomic mass is 10.1. The average Bonchev–Trinajstić information content (AvgIpc) is 3.88. The van der Waals surface area contributed by atoms with Gasteiger partial charge < -0.3 is 24.0 Å². The average molecular weight is 698 g/mol. The standard InChI is InChI=1S/C39H31N3O4S2Si/c1-41-26(14-19-33(41)34-22-36-38(48-34)37-35(49-36)21-32(47-37)20-25(23-40)39(43)44)7-4-24-5-8-27(9-6-24)42(28-10-15-30(45-2)16-11-28)29-12-17-31(46-3)18-13-29/h4-22H,49H2,1-3H3,(H,43,44)/b7-4+,25-20+. The maximum absolute atomic E-state index is 11.3. The molecule has 0 bridgehead atoms. The van der Waals surface area contributed by atoms with Gasteiger partial charge >= 0.3 is 5.97 Å². The summed E-state index contributed by atoms with van der Waals surface area (Å²) in [4.78, 5) is 18.1. The second-order valence-electron chi connectivity index (χ2n) is 11.5. The number of nitrogens with zero attached hydrogens (tertiary/aromatic N) is 3. The SMILES string of the molecule is COc1ccc(N(c2ccc(/C=C/c3ccc(-c4cc5c(s4)-c4sc(/C=C(\C#N)C(=O)O)cc4[SiH2]5)n3C)cc2)c2ccc(OC)cc2)cc1. The molecule has 0 saturated carbocycles. The number of aliphatic carboxylic acids is 1. The van der Waals surface area contributed by atoms with Gasteiger partial charge in [0.25, 0.3) is 0 Å². The van der Waals surface area contributed by atoms with Crippen LogP contribution in [0.4, 0.5) is 17.1 Å². The molecule has 0 fully saturated rings. The van der Waals surface area contributed by atoms with E-state index in [2.05, 4.69) is 101 Å². The van der Waals surface area contributed by atoms with Gasteiger partial charge in [0.2, 0.25) is 0 Å². The minimum Gasteiger partial charge on any atom is -0.497 e. The number of carboxylic acids is 1. The molecule has 0 unspecified atom stereocenters. The molecular weight excluding hydrogens is 667 g/mol. The van der Waals surface area contributed by atoms with Gasteiger partial charge in [-0.25, -0.2) is 4.79 Å². The summed E-state index contributed by atoms with van der Waals surface area (Å²) in [5.41, 5.74) is 6.19. The molecule has 1 aliphatic heterocycles. The van der Waals surface area contributed by atoms with Crippen molar-refractivity contribution in [1.82, 2.24) is 4.57 Å². The third-order valence-corrected chi connectivity index (χ3v) is 13.4. The fourth-order valence-electron chi connectivity index (χ4n) is 5.98. The smallest absolute Gasteiger partial charge is 0.346 e. The van der Waals surface area contributed by atoms with Gasteiger partial charge in [0, 0.05) is 44.4 Å². The highest BCUT2D eigenvalue weighted by atomic mass is 32.1. The number of methoxy groups -OCH3 is 2. The highest BCUT2D eigenvalue weighted by Crippen LogP contribution is 2.39. The Morgan fingerprint density at radius 1 is 0.816 bits per heavy atom. The van der Waals surface area contributed by atoms with Gasteiger partial charge in [-0.1, -0.05) is 18.2 Å².